The van der Waals surface area contributed by atoms with Gasteiger partial charge < -0.3 is 15.1 Å². The Morgan fingerprint density at radius 1 is 1.00 bits per heavy atom. The second kappa shape index (κ2) is 8.98. The molecule has 0 amide bonds. The molecule has 0 saturated carbocycles. The van der Waals surface area contributed by atoms with Crippen molar-refractivity contribution in [3.8, 4) is 0 Å². The standard InChI is InChI=1S/C16H34N4/c1-3-6-17-14-16-5-4-7-20(15-16)13-12-19-10-8-18(2)9-11-19/h16-17H,3-15H2,1-2H3. The van der Waals surface area contributed by atoms with Crippen molar-refractivity contribution in [1.82, 2.24) is 20.0 Å². The fourth-order valence-electron chi connectivity index (χ4n) is 3.36. The quantitative estimate of drug-likeness (QED) is 0.702. The molecule has 1 atom stereocenters. The maximum absolute atomic E-state index is 3.59. The largest absolute Gasteiger partial charge is 0.316 e. The third kappa shape index (κ3) is 5.68. The lowest BCUT2D eigenvalue weighted by Crippen LogP contribution is -2.48. The van der Waals surface area contributed by atoms with Crippen molar-refractivity contribution in [2.45, 2.75) is 26.2 Å². The Labute approximate surface area is 125 Å². The number of likely N-dealkylation sites (tertiary alicyclic amines) is 1. The van der Waals surface area contributed by atoms with E-state index in [0.717, 1.165) is 5.92 Å². The van der Waals surface area contributed by atoms with Crippen molar-refractivity contribution in [2.75, 3.05) is 72.5 Å². The Hall–Kier alpha value is -0.160. The minimum Gasteiger partial charge on any atom is -0.316 e. The van der Waals surface area contributed by atoms with Gasteiger partial charge in [-0.1, -0.05) is 6.92 Å². The van der Waals surface area contributed by atoms with Gasteiger partial charge in [0.05, 0.1) is 0 Å². The van der Waals surface area contributed by atoms with Crippen molar-refractivity contribution in [1.29, 1.82) is 0 Å². The number of nitrogens with zero attached hydrogens (tertiary/aromatic N) is 3. The van der Waals surface area contributed by atoms with Crippen LogP contribution in [0.4, 0.5) is 0 Å². The smallest absolute Gasteiger partial charge is 0.0110 e. The van der Waals surface area contributed by atoms with Crippen molar-refractivity contribution in [3.05, 3.63) is 0 Å². The lowest BCUT2D eigenvalue weighted by molar-refractivity contribution is 0.115. The second-order valence-electron chi connectivity index (χ2n) is 6.66. The monoisotopic (exact) mass is 282 g/mol. The molecule has 0 aromatic carbocycles. The van der Waals surface area contributed by atoms with E-state index in [2.05, 4.69) is 34.0 Å². The summed E-state index contributed by atoms with van der Waals surface area (Å²) in [6, 6.07) is 0. The predicted molar refractivity (Wildman–Crippen MR) is 86.3 cm³/mol. The summed E-state index contributed by atoms with van der Waals surface area (Å²) in [5, 5.41) is 3.59. The van der Waals surface area contributed by atoms with E-state index in [0.29, 0.717) is 0 Å². The van der Waals surface area contributed by atoms with E-state index in [1.807, 2.05) is 0 Å². The van der Waals surface area contributed by atoms with Crippen LogP contribution in [0.5, 0.6) is 0 Å². The van der Waals surface area contributed by atoms with Crippen LogP contribution in [0.1, 0.15) is 26.2 Å². The lowest BCUT2D eigenvalue weighted by atomic mass is 9.98. The van der Waals surface area contributed by atoms with E-state index in [4.69, 9.17) is 0 Å². The molecule has 2 rings (SSSR count). The zero-order valence-corrected chi connectivity index (χ0v) is 13.6. The summed E-state index contributed by atoms with van der Waals surface area (Å²) in [6.07, 6.45) is 4.06. The fourth-order valence-corrected chi connectivity index (χ4v) is 3.36. The molecular weight excluding hydrogens is 248 g/mol. The number of rotatable bonds is 7. The third-order valence-electron chi connectivity index (χ3n) is 4.79. The molecule has 20 heavy (non-hydrogen) atoms. The van der Waals surface area contributed by atoms with Crippen LogP contribution in [-0.4, -0.2) is 87.2 Å². The van der Waals surface area contributed by atoms with Crippen LogP contribution in [0.3, 0.4) is 0 Å². The molecule has 1 N–H and O–H groups in total. The number of hydrogen-bond acceptors (Lipinski definition) is 4. The molecule has 4 nitrogen and oxygen atoms in total. The molecule has 1 unspecified atom stereocenters. The molecule has 2 saturated heterocycles. The van der Waals surface area contributed by atoms with Gasteiger partial charge in [-0.2, -0.15) is 0 Å². The number of hydrogen-bond donors (Lipinski definition) is 1. The van der Waals surface area contributed by atoms with Crippen LogP contribution in [0.2, 0.25) is 0 Å². The zero-order valence-electron chi connectivity index (χ0n) is 13.6. The van der Waals surface area contributed by atoms with E-state index in [1.165, 1.54) is 84.7 Å². The highest BCUT2D eigenvalue weighted by atomic mass is 15.3. The molecule has 2 aliphatic rings. The van der Waals surface area contributed by atoms with Gasteiger partial charge in [0.15, 0.2) is 0 Å². The first-order chi connectivity index (χ1) is 9.78. The van der Waals surface area contributed by atoms with Gasteiger partial charge in [-0.15, -0.1) is 0 Å². The van der Waals surface area contributed by atoms with Gasteiger partial charge in [-0.05, 0) is 51.9 Å². The van der Waals surface area contributed by atoms with Gasteiger partial charge in [0.25, 0.3) is 0 Å². The second-order valence-corrected chi connectivity index (χ2v) is 6.66. The molecule has 2 heterocycles. The first-order valence-electron chi connectivity index (χ1n) is 8.62. The molecule has 0 aromatic rings. The van der Waals surface area contributed by atoms with Crippen LogP contribution in [0.25, 0.3) is 0 Å². The molecule has 0 bridgehead atoms. The van der Waals surface area contributed by atoms with E-state index in [-0.39, 0.29) is 0 Å². The Bertz CT molecular complexity index is 251. The molecule has 0 aromatic heterocycles. The summed E-state index contributed by atoms with van der Waals surface area (Å²) in [7, 11) is 2.23. The first-order valence-corrected chi connectivity index (χ1v) is 8.62. The Balaban J connectivity index is 1.60. The van der Waals surface area contributed by atoms with E-state index >= 15 is 0 Å². The summed E-state index contributed by atoms with van der Waals surface area (Å²) in [4.78, 5) is 7.77. The normalized spacial score (nSPS) is 27.0. The maximum atomic E-state index is 3.59. The molecule has 0 spiro atoms. The summed E-state index contributed by atoms with van der Waals surface area (Å²) in [5.74, 6) is 0.878. The average Bonchev–Trinajstić information content (AvgIpc) is 2.47. The van der Waals surface area contributed by atoms with Gasteiger partial charge >= 0.3 is 0 Å². The highest BCUT2D eigenvalue weighted by molar-refractivity contribution is 4.77. The van der Waals surface area contributed by atoms with Crippen LogP contribution in [-0.2, 0) is 0 Å². The minimum atomic E-state index is 0.878. The highest BCUT2D eigenvalue weighted by Gasteiger charge is 2.20. The van der Waals surface area contributed by atoms with Crippen molar-refractivity contribution >= 4 is 0 Å². The van der Waals surface area contributed by atoms with Gasteiger partial charge in [-0.25, -0.2) is 0 Å². The summed E-state index contributed by atoms with van der Waals surface area (Å²) in [5.41, 5.74) is 0. The van der Waals surface area contributed by atoms with Gasteiger partial charge in [0.2, 0.25) is 0 Å². The van der Waals surface area contributed by atoms with Crippen LogP contribution >= 0.6 is 0 Å². The topological polar surface area (TPSA) is 21.8 Å². The van der Waals surface area contributed by atoms with Crippen LogP contribution in [0.15, 0.2) is 0 Å². The van der Waals surface area contributed by atoms with Crippen molar-refractivity contribution in [2.24, 2.45) is 5.92 Å². The van der Waals surface area contributed by atoms with Crippen molar-refractivity contribution in [3.63, 3.8) is 0 Å². The number of likely N-dealkylation sites (N-methyl/N-ethyl adjacent to an activating group) is 1. The van der Waals surface area contributed by atoms with E-state index in [1.54, 1.807) is 0 Å². The molecule has 2 aliphatic heterocycles. The van der Waals surface area contributed by atoms with Crippen LogP contribution < -0.4 is 5.32 Å². The molecule has 2 fully saturated rings. The summed E-state index contributed by atoms with van der Waals surface area (Å²) >= 11 is 0. The Kier molecular flexibility index (Phi) is 7.28. The zero-order chi connectivity index (χ0) is 14.2. The van der Waals surface area contributed by atoms with Gasteiger partial charge in [-0.3, -0.25) is 4.90 Å². The van der Waals surface area contributed by atoms with Crippen molar-refractivity contribution < 1.29 is 0 Å². The number of piperazine rings is 1. The van der Waals surface area contributed by atoms with Crippen LogP contribution in [0, 0.1) is 5.92 Å². The molecular formula is C16H34N4. The molecule has 4 heteroatoms. The SMILES string of the molecule is CCCNCC1CCCN(CCN2CCN(C)CC2)C1. The summed E-state index contributed by atoms with van der Waals surface area (Å²) < 4.78 is 0. The van der Waals surface area contributed by atoms with Gasteiger partial charge in [0, 0.05) is 45.8 Å². The predicted octanol–water partition coefficient (Wildman–Crippen LogP) is 0.945. The maximum Gasteiger partial charge on any atom is 0.0110 e. The Morgan fingerprint density at radius 3 is 2.50 bits per heavy atom. The molecule has 118 valence electrons. The Morgan fingerprint density at radius 2 is 1.75 bits per heavy atom. The van der Waals surface area contributed by atoms with E-state index in [9.17, 15) is 0 Å². The average molecular weight is 282 g/mol. The fraction of sp³-hybridized carbons (Fsp3) is 1.00. The minimum absolute atomic E-state index is 0.878. The van der Waals surface area contributed by atoms with Gasteiger partial charge in [0.1, 0.15) is 0 Å². The third-order valence-corrected chi connectivity index (χ3v) is 4.79. The molecule has 0 aliphatic carbocycles. The first kappa shape index (κ1) is 16.2. The highest BCUT2D eigenvalue weighted by Crippen LogP contribution is 2.15. The van der Waals surface area contributed by atoms with E-state index < -0.39 is 0 Å². The number of piperidine rings is 1. The summed E-state index contributed by atoms with van der Waals surface area (Å²) in [6.45, 7) is 14.8. The number of nitrogens with one attached hydrogen (secondary N) is 1. The molecule has 0 radical (unpaired) electrons. The lowest BCUT2D eigenvalue weighted by Gasteiger charge is -2.36.